The minimum absolute atomic E-state index is 0.178. The fourth-order valence-electron chi connectivity index (χ4n) is 2.48. The molecule has 3 rings (SSSR count). The zero-order valence-corrected chi connectivity index (χ0v) is 10.9. The number of hydrogen-bond donors (Lipinski definition) is 3. The van der Waals surface area contributed by atoms with Crippen LogP contribution in [0.4, 0.5) is 0 Å². The SMILES string of the molecule is O=C(O)c1ccc2c(c1)nc(C1CC1)n2C(CO)CO. The summed E-state index contributed by atoms with van der Waals surface area (Å²) in [6, 6.07) is 4.30. The smallest absolute Gasteiger partial charge is 0.335 e. The lowest BCUT2D eigenvalue weighted by molar-refractivity contribution is 0.0697. The van der Waals surface area contributed by atoms with Crippen LogP contribution >= 0.6 is 0 Å². The third-order valence-corrected chi connectivity index (χ3v) is 3.69. The van der Waals surface area contributed by atoms with E-state index < -0.39 is 12.0 Å². The first-order chi connectivity index (χ1) is 9.65. The second-order valence-corrected chi connectivity index (χ2v) is 5.14. The molecule has 0 spiro atoms. The van der Waals surface area contributed by atoms with Crippen LogP contribution in [0.25, 0.3) is 11.0 Å². The van der Waals surface area contributed by atoms with E-state index in [-0.39, 0.29) is 18.8 Å². The molecule has 3 N–H and O–H groups in total. The second-order valence-electron chi connectivity index (χ2n) is 5.14. The van der Waals surface area contributed by atoms with E-state index in [4.69, 9.17) is 5.11 Å². The van der Waals surface area contributed by atoms with Gasteiger partial charge in [-0.3, -0.25) is 0 Å². The molecule has 1 aromatic heterocycles. The van der Waals surface area contributed by atoms with E-state index in [1.807, 2.05) is 4.57 Å². The van der Waals surface area contributed by atoms with Gasteiger partial charge < -0.3 is 19.9 Å². The van der Waals surface area contributed by atoms with Crippen LogP contribution in [-0.2, 0) is 0 Å². The van der Waals surface area contributed by atoms with Gasteiger partial charge in [0.15, 0.2) is 0 Å². The molecule has 1 fully saturated rings. The average molecular weight is 276 g/mol. The molecular formula is C14H16N2O4. The van der Waals surface area contributed by atoms with Crippen molar-refractivity contribution in [3.05, 3.63) is 29.6 Å². The number of aromatic carboxylic acids is 1. The number of rotatable bonds is 5. The summed E-state index contributed by atoms with van der Waals surface area (Å²) in [5.74, 6) is 0.183. The number of aromatic nitrogens is 2. The van der Waals surface area contributed by atoms with E-state index >= 15 is 0 Å². The summed E-state index contributed by atoms with van der Waals surface area (Å²) >= 11 is 0. The summed E-state index contributed by atoms with van der Waals surface area (Å²) < 4.78 is 1.85. The fourth-order valence-corrected chi connectivity index (χ4v) is 2.48. The van der Waals surface area contributed by atoms with Crippen molar-refractivity contribution < 1.29 is 20.1 Å². The molecule has 0 aliphatic heterocycles. The number of fused-ring (bicyclic) bond motifs is 1. The van der Waals surface area contributed by atoms with E-state index in [9.17, 15) is 15.0 Å². The molecule has 6 nitrogen and oxygen atoms in total. The van der Waals surface area contributed by atoms with Crippen LogP contribution in [0.2, 0.25) is 0 Å². The number of imidazole rings is 1. The first kappa shape index (κ1) is 13.1. The summed E-state index contributed by atoms with van der Waals surface area (Å²) in [5, 5.41) is 27.9. The summed E-state index contributed by atoms with van der Waals surface area (Å²) in [6.07, 6.45) is 2.08. The lowest BCUT2D eigenvalue weighted by atomic mass is 10.2. The van der Waals surface area contributed by atoms with Crippen molar-refractivity contribution in [1.29, 1.82) is 0 Å². The number of nitrogens with zero attached hydrogens (tertiary/aromatic N) is 2. The Balaban J connectivity index is 2.19. The van der Waals surface area contributed by atoms with Crippen molar-refractivity contribution in [3.8, 4) is 0 Å². The minimum Gasteiger partial charge on any atom is -0.478 e. The van der Waals surface area contributed by atoms with Crippen molar-refractivity contribution in [2.24, 2.45) is 0 Å². The van der Waals surface area contributed by atoms with Gasteiger partial charge in [0.2, 0.25) is 0 Å². The van der Waals surface area contributed by atoms with Gasteiger partial charge >= 0.3 is 5.97 Å². The van der Waals surface area contributed by atoms with Crippen LogP contribution < -0.4 is 0 Å². The average Bonchev–Trinajstić information content (AvgIpc) is 3.22. The van der Waals surface area contributed by atoms with E-state index in [1.54, 1.807) is 6.07 Å². The van der Waals surface area contributed by atoms with Crippen molar-refractivity contribution >= 4 is 17.0 Å². The van der Waals surface area contributed by atoms with Gasteiger partial charge in [0.25, 0.3) is 0 Å². The van der Waals surface area contributed by atoms with Gasteiger partial charge in [-0.25, -0.2) is 9.78 Å². The summed E-state index contributed by atoms with van der Waals surface area (Å²) in [6.45, 7) is -0.356. The molecule has 1 heterocycles. The molecule has 0 radical (unpaired) electrons. The van der Waals surface area contributed by atoms with Crippen molar-refractivity contribution in [3.63, 3.8) is 0 Å². The number of carboxylic acids is 1. The van der Waals surface area contributed by atoms with Crippen LogP contribution in [0.5, 0.6) is 0 Å². The predicted molar refractivity (Wildman–Crippen MR) is 71.9 cm³/mol. The molecule has 0 saturated heterocycles. The van der Waals surface area contributed by atoms with Gasteiger partial charge in [-0.15, -0.1) is 0 Å². The van der Waals surface area contributed by atoms with Crippen LogP contribution in [0.3, 0.4) is 0 Å². The molecule has 0 unspecified atom stereocenters. The maximum Gasteiger partial charge on any atom is 0.335 e. The van der Waals surface area contributed by atoms with Gasteiger partial charge in [-0.1, -0.05) is 0 Å². The first-order valence-electron chi connectivity index (χ1n) is 6.62. The highest BCUT2D eigenvalue weighted by molar-refractivity contribution is 5.92. The Morgan fingerprint density at radius 3 is 2.60 bits per heavy atom. The fraction of sp³-hybridized carbons (Fsp3) is 0.429. The molecule has 1 aliphatic carbocycles. The topological polar surface area (TPSA) is 95.6 Å². The highest BCUT2D eigenvalue weighted by atomic mass is 16.4. The first-order valence-corrected chi connectivity index (χ1v) is 6.62. The Kier molecular flexibility index (Phi) is 3.19. The molecule has 0 atom stereocenters. The van der Waals surface area contributed by atoms with E-state index in [0.29, 0.717) is 11.4 Å². The van der Waals surface area contributed by atoms with Crippen molar-refractivity contribution in [1.82, 2.24) is 9.55 Å². The quantitative estimate of drug-likeness (QED) is 0.761. The highest BCUT2D eigenvalue weighted by Crippen LogP contribution is 2.41. The molecule has 0 bridgehead atoms. The zero-order chi connectivity index (χ0) is 14.3. The predicted octanol–water partition coefficient (Wildman–Crippen LogP) is 1.14. The van der Waals surface area contributed by atoms with Crippen LogP contribution in [0.15, 0.2) is 18.2 Å². The summed E-state index contributed by atoms with van der Waals surface area (Å²) in [5.41, 5.74) is 1.54. The Morgan fingerprint density at radius 1 is 1.35 bits per heavy atom. The largest absolute Gasteiger partial charge is 0.478 e. The van der Waals surface area contributed by atoms with Gasteiger partial charge in [0.1, 0.15) is 5.82 Å². The molecule has 20 heavy (non-hydrogen) atoms. The lowest BCUT2D eigenvalue weighted by Gasteiger charge is -2.17. The Labute approximate surface area is 115 Å². The van der Waals surface area contributed by atoms with Gasteiger partial charge in [-0.05, 0) is 31.0 Å². The molecular weight excluding hydrogens is 260 g/mol. The van der Waals surface area contributed by atoms with Crippen LogP contribution in [-0.4, -0.2) is 44.1 Å². The maximum atomic E-state index is 11.0. The van der Waals surface area contributed by atoms with Gasteiger partial charge in [0, 0.05) is 5.92 Å². The number of hydrogen-bond acceptors (Lipinski definition) is 4. The molecule has 1 saturated carbocycles. The maximum absolute atomic E-state index is 11.0. The second kappa shape index (κ2) is 4.88. The third kappa shape index (κ3) is 2.07. The molecule has 0 amide bonds. The number of carboxylic acid groups (broad SMARTS) is 1. The Hall–Kier alpha value is -1.92. The summed E-state index contributed by atoms with van der Waals surface area (Å²) in [4.78, 5) is 15.5. The van der Waals surface area contributed by atoms with E-state index in [1.165, 1.54) is 12.1 Å². The van der Waals surface area contributed by atoms with E-state index in [0.717, 1.165) is 24.2 Å². The Morgan fingerprint density at radius 2 is 2.05 bits per heavy atom. The Bertz CT molecular complexity index is 656. The van der Waals surface area contributed by atoms with Gasteiger partial charge in [-0.2, -0.15) is 0 Å². The van der Waals surface area contributed by atoms with Gasteiger partial charge in [0.05, 0.1) is 35.9 Å². The van der Waals surface area contributed by atoms with Crippen LogP contribution in [0, 0.1) is 0 Å². The van der Waals surface area contributed by atoms with Crippen LogP contribution in [0.1, 0.15) is 41.0 Å². The lowest BCUT2D eigenvalue weighted by Crippen LogP contribution is -2.19. The number of aliphatic hydroxyl groups is 2. The zero-order valence-electron chi connectivity index (χ0n) is 10.9. The van der Waals surface area contributed by atoms with Crippen molar-refractivity contribution in [2.45, 2.75) is 24.8 Å². The number of aliphatic hydroxyl groups excluding tert-OH is 2. The third-order valence-electron chi connectivity index (χ3n) is 3.69. The molecule has 1 aliphatic rings. The van der Waals surface area contributed by atoms with Crippen molar-refractivity contribution in [2.75, 3.05) is 13.2 Å². The molecule has 6 heteroatoms. The number of carbonyl (C=O) groups is 1. The molecule has 106 valence electrons. The summed E-state index contributed by atoms with van der Waals surface area (Å²) in [7, 11) is 0. The standard InChI is InChI=1S/C14H16N2O4/c17-6-10(7-18)16-12-4-3-9(14(19)20)5-11(12)15-13(16)8-1-2-8/h3-5,8,10,17-18H,1-2,6-7H2,(H,19,20). The molecule has 1 aromatic carbocycles. The van der Waals surface area contributed by atoms with E-state index in [2.05, 4.69) is 4.98 Å². The highest BCUT2D eigenvalue weighted by Gasteiger charge is 2.31. The monoisotopic (exact) mass is 276 g/mol. The normalized spacial score (nSPS) is 15.2. The number of benzene rings is 1. The minimum atomic E-state index is -0.990. The molecule has 2 aromatic rings.